The third-order valence-electron chi connectivity index (χ3n) is 2.93. The highest BCUT2D eigenvalue weighted by Gasteiger charge is 2.07. The molecule has 0 spiro atoms. The number of aromatic nitrogens is 2. The van der Waals surface area contributed by atoms with E-state index in [1.165, 1.54) is 5.56 Å². The molecule has 3 heteroatoms. The van der Waals surface area contributed by atoms with Crippen molar-refractivity contribution in [1.29, 1.82) is 0 Å². The van der Waals surface area contributed by atoms with Gasteiger partial charge in [-0.25, -0.2) is 9.97 Å². The van der Waals surface area contributed by atoms with E-state index in [0.717, 1.165) is 29.1 Å². The van der Waals surface area contributed by atoms with Crippen LogP contribution in [0.25, 0.3) is 11.3 Å². The van der Waals surface area contributed by atoms with E-state index in [4.69, 9.17) is 0 Å². The number of nitrogens with one attached hydrogen (secondary N) is 1. The molecule has 1 N–H and O–H groups in total. The van der Waals surface area contributed by atoms with E-state index in [9.17, 15) is 0 Å². The monoisotopic (exact) mass is 227 g/mol. The molecule has 0 atom stereocenters. The number of hydrogen-bond donors (Lipinski definition) is 1. The zero-order valence-electron chi connectivity index (χ0n) is 10.5. The molecule has 0 aliphatic carbocycles. The van der Waals surface area contributed by atoms with Crippen molar-refractivity contribution in [3.8, 4) is 11.3 Å². The summed E-state index contributed by atoms with van der Waals surface area (Å²) in [5.41, 5.74) is 4.56. The molecule has 0 unspecified atom stereocenters. The smallest absolute Gasteiger partial charge is 0.132 e. The second-order valence-corrected chi connectivity index (χ2v) is 4.00. The Hall–Kier alpha value is -1.90. The topological polar surface area (TPSA) is 37.8 Å². The molecule has 0 radical (unpaired) electrons. The predicted octanol–water partition coefficient (Wildman–Crippen LogP) is 3.06. The van der Waals surface area contributed by atoms with E-state index in [2.05, 4.69) is 46.5 Å². The maximum absolute atomic E-state index is 4.38. The summed E-state index contributed by atoms with van der Waals surface area (Å²) in [5, 5.41) is 3.08. The van der Waals surface area contributed by atoms with Crippen LogP contribution in [0.4, 0.5) is 5.82 Å². The van der Waals surface area contributed by atoms with E-state index in [0.29, 0.717) is 0 Å². The second-order valence-electron chi connectivity index (χ2n) is 4.00. The normalized spacial score (nSPS) is 10.3. The molecule has 0 aliphatic rings. The Bertz CT molecular complexity index is 521. The van der Waals surface area contributed by atoms with E-state index in [1.807, 2.05) is 14.0 Å². The van der Waals surface area contributed by atoms with Gasteiger partial charge in [-0.3, -0.25) is 0 Å². The van der Waals surface area contributed by atoms with Crippen molar-refractivity contribution in [2.45, 2.75) is 20.3 Å². The fraction of sp³-hybridized carbons (Fsp3) is 0.286. The minimum absolute atomic E-state index is 0.886. The van der Waals surface area contributed by atoms with Crippen molar-refractivity contribution in [2.75, 3.05) is 12.4 Å². The van der Waals surface area contributed by atoms with Crippen LogP contribution in [-0.4, -0.2) is 17.0 Å². The molecule has 0 amide bonds. The highest BCUT2D eigenvalue weighted by atomic mass is 15.0. The van der Waals surface area contributed by atoms with Crippen LogP contribution in [0.15, 0.2) is 30.6 Å². The summed E-state index contributed by atoms with van der Waals surface area (Å²) in [7, 11) is 1.88. The Kier molecular flexibility index (Phi) is 3.38. The van der Waals surface area contributed by atoms with E-state index in [1.54, 1.807) is 6.33 Å². The predicted molar refractivity (Wildman–Crippen MR) is 71.1 cm³/mol. The van der Waals surface area contributed by atoms with E-state index in [-0.39, 0.29) is 0 Å². The summed E-state index contributed by atoms with van der Waals surface area (Å²) in [5.74, 6) is 0.886. The highest BCUT2D eigenvalue weighted by molar-refractivity contribution is 5.68. The van der Waals surface area contributed by atoms with Crippen molar-refractivity contribution in [3.05, 3.63) is 41.7 Å². The SMILES string of the molecule is CCc1cccc(-c2ncnc(NC)c2C)c1. The van der Waals surface area contributed by atoms with Gasteiger partial charge in [-0.05, 0) is 25.0 Å². The van der Waals surface area contributed by atoms with E-state index < -0.39 is 0 Å². The Labute approximate surface area is 102 Å². The summed E-state index contributed by atoms with van der Waals surface area (Å²) < 4.78 is 0. The van der Waals surface area contributed by atoms with Gasteiger partial charge in [0.1, 0.15) is 12.1 Å². The van der Waals surface area contributed by atoms with Crippen LogP contribution < -0.4 is 5.32 Å². The molecule has 0 aliphatic heterocycles. The first-order valence-corrected chi connectivity index (χ1v) is 5.85. The maximum atomic E-state index is 4.38. The molecule has 1 heterocycles. The molecule has 0 bridgehead atoms. The van der Waals surface area contributed by atoms with Gasteiger partial charge in [0.15, 0.2) is 0 Å². The maximum Gasteiger partial charge on any atom is 0.132 e. The summed E-state index contributed by atoms with van der Waals surface area (Å²) in [6.45, 7) is 4.20. The van der Waals surface area contributed by atoms with Gasteiger partial charge in [-0.1, -0.05) is 25.1 Å². The lowest BCUT2D eigenvalue weighted by atomic mass is 10.0. The fourth-order valence-electron chi connectivity index (χ4n) is 1.93. The number of anilines is 1. The Morgan fingerprint density at radius 3 is 2.76 bits per heavy atom. The van der Waals surface area contributed by atoms with Crippen molar-refractivity contribution < 1.29 is 0 Å². The first-order chi connectivity index (χ1) is 8.26. The van der Waals surface area contributed by atoms with Crippen molar-refractivity contribution in [3.63, 3.8) is 0 Å². The average Bonchev–Trinajstić information content (AvgIpc) is 2.39. The lowest BCUT2D eigenvalue weighted by molar-refractivity contribution is 1.11. The summed E-state index contributed by atoms with van der Waals surface area (Å²) >= 11 is 0. The summed E-state index contributed by atoms with van der Waals surface area (Å²) in [6, 6.07) is 8.50. The Morgan fingerprint density at radius 2 is 2.06 bits per heavy atom. The van der Waals surface area contributed by atoms with Gasteiger partial charge < -0.3 is 5.32 Å². The minimum Gasteiger partial charge on any atom is -0.373 e. The molecule has 17 heavy (non-hydrogen) atoms. The number of benzene rings is 1. The number of rotatable bonds is 3. The summed E-state index contributed by atoms with van der Waals surface area (Å²) in [4.78, 5) is 8.58. The average molecular weight is 227 g/mol. The van der Waals surface area contributed by atoms with Crippen LogP contribution in [0.5, 0.6) is 0 Å². The lowest BCUT2D eigenvalue weighted by Crippen LogP contribution is -1.99. The quantitative estimate of drug-likeness (QED) is 0.875. The van der Waals surface area contributed by atoms with Gasteiger partial charge in [0.05, 0.1) is 5.69 Å². The molecule has 3 nitrogen and oxygen atoms in total. The van der Waals surface area contributed by atoms with Crippen molar-refractivity contribution in [2.24, 2.45) is 0 Å². The fourth-order valence-corrected chi connectivity index (χ4v) is 1.93. The van der Waals surface area contributed by atoms with Crippen LogP contribution in [0.2, 0.25) is 0 Å². The first kappa shape index (κ1) is 11.6. The highest BCUT2D eigenvalue weighted by Crippen LogP contribution is 2.25. The van der Waals surface area contributed by atoms with Gasteiger partial charge in [0.25, 0.3) is 0 Å². The largest absolute Gasteiger partial charge is 0.373 e. The lowest BCUT2D eigenvalue weighted by Gasteiger charge is -2.09. The van der Waals surface area contributed by atoms with Gasteiger partial charge >= 0.3 is 0 Å². The van der Waals surface area contributed by atoms with Crippen LogP contribution in [-0.2, 0) is 6.42 Å². The molecule has 1 aromatic heterocycles. The third kappa shape index (κ3) is 2.28. The van der Waals surface area contributed by atoms with Gasteiger partial charge in [-0.15, -0.1) is 0 Å². The van der Waals surface area contributed by atoms with Crippen LogP contribution in [0.1, 0.15) is 18.1 Å². The molecule has 2 aromatic rings. The first-order valence-electron chi connectivity index (χ1n) is 5.85. The molecule has 1 aromatic carbocycles. The van der Waals surface area contributed by atoms with Crippen LogP contribution in [0, 0.1) is 6.92 Å². The minimum atomic E-state index is 0.886. The van der Waals surface area contributed by atoms with E-state index >= 15 is 0 Å². The molecular formula is C14H17N3. The Balaban J connectivity index is 2.52. The van der Waals surface area contributed by atoms with Crippen molar-refractivity contribution >= 4 is 5.82 Å². The van der Waals surface area contributed by atoms with Crippen LogP contribution >= 0.6 is 0 Å². The molecule has 0 fully saturated rings. The molecule has 2 rings (SSSR count). The zero-order chi connectivity index (χ0) is 12.3. The number of hydrogen-bond acceptors (Lipinski definition) is 3. The molecular weight excluding hydrogens is 210 g/mol. The number of aryl methyl sites for hydroxylation is 1. The van der Waals surface area contributed by atoms with Gasteiger partial charge in [-0.2, -0.15) is 0 Å². The second kappa shape index (κ2) is 4.95. The molecule has 88 valence electrons. The standard InChI is InChI=1S/C14H17N3/c1-4-11-6-5-7-12(8-11)13-10(2)14(15-3)17-9-16-13/h5-9H,4H2,1-3H3,(H,15,16,17). The number of nitrogens with zero attached hydrogens (tertiary/aromatic N) is 2. The van der Waals surface area contributed by atoms with Gasteiger partial charge in [0.2, 0.25) is 0 Å². The summed E-state index contributed by atoms with van der Waals surface area (Å²) in [6.07, 6.45) is 2.64. The third-order valence-corrected chi connectivity index (χ3v) is 2.93. The van der Waals surface area contributed by atoms with Gasteiger partial charge in [0, 0.05) is 18.2 Å². The van der Waals surface area contributed by atoms with Crippen LogP contribution in [0.3, 0.4) is 0 Å². The Morgan fingerprint density at radius 1 is 1.24 bits per heavy atom. The molecule has 0 saturated carbocycles. The molecule has 0 saturated heterocycles. The zero-order valence-corrected chi connectivity index (χ0v) is 10.5. The van der Waals surface area contributed by atoms with Crippen molar-refractivity contribution in [1.82, 2.24) is 9.97 Å².